The first kappa shape index (κ1) is 18.0. The number of carbonyl (C=O) groups is 2. The van der Waals surface area contributed by atoms with Crippen LogP contribution >= 0.6 is 0 Å². The second kappa shape index (κ2) is 8.04. The zero-order valence-corrected chi connectivity index (χ0v) is 15.3. The molecule has 0 unspecified atom stereocenters. The summed E-state index contributed by atoms with van der Waals surface area (Å²) in [6.07, 6.45) is 0.856. The van der Waals surface area contributed by atoms with Gasteiger partial charge in [0.2, 0.25) is 11.8 Å². The highest BCUT2D eigenvalue weighted by molar-refractivity contribution is 5.84. The van der Waals surface area contributed by atoms with E-state index in [-0.39, 0.29) is 18.4 Å². The Morgan fingerprint density at radius 1 is 1.08 bits per heavy atom. The quantitative estimate of drug-likeness (QED) is 0.831. The van der Waals surface area contributed by atoms with Gasteiger partial charge in [0.15, 0.2) is 0 Å². The summed E-state index contributed by atoms with van der Waals surface area (Å²) >= 11 is 0. The van der Waals surface area contributed by atoms with E-state index in [1.807, 2.05) is 41.3 Å². The molecular formula is C21H24N2O3. The lowest BCUT2D eigenvalue weighted by Gasteiger charge is -2.31. The molecule has 0 aromatic heterocycles. The third-order valence-corrected chi connectivity index (χ3v) is 4.81. The van der Waals surface area contributed by atoms with E-state index in [9.17, 15) is 9.59 Å². The molecule has 136 valence electrons. The standard InChI is InChI=1S/C21H24N2O3/c1-16(24)23(14-19-9-5-6-10-20(19)26-2)15-21(25)22-12-11-17-7-3-4-8-18(17)13-22/h3-10H,11-15H2,1-2H3. The SMILES string of the molecule is COc1ccccc1CN(CC(=O)N1CCc2ccccc2C1)C(C)=O. The number of para-hydroxylation sites is 1. The average Bonchev–Trinajstić information content (AvgIpc) is 2.67. The minimum Gasteiger partial charge on any atom is -0.496 e. The van der Waals surface area contributed by atoms with Crippen LogP contribution < -0.4 is 4.74 Å². The average molecular weight is 352 g/mol. The van der Waals surface area contributed by atoms with Crippen molar-refractivity contribution in [3.63, 3.8) is 0 Å². The summed E-state index contributed by atoms with van der Waals surface area (Å²) in [4.78, 5) is 28.3. The molecule has 3 rings (SSSR count). The molecule has 1 heterocycles. The summed E-state index contributed by atoms with van der Waals surface area (Å²) < 4.78 is 5.35. The van der Waals surface area contributed by atoms with Gasteiger partial charge in [0.05, 0.1) is 7.11 Å². The maximum absolute atomic E-state index is 12.8. The Balaban J connectivity index is 1.68. The number of hydrogen-bond acceptors (Lipinski definition) is 3. The molecule has 5 heteroatoms. The molecule has 1 aliphatic heterocycles. The molecule has 2 aromatic rings. The molecule has 0 aliphatic carbocycles. The molecule has 1 aliphatic rings. The summed E-state index contributed by atoms with van der Waals surface area (Å²) in [6.45, 7) is 3.23. The Kier molecular flexibility index (Phi) is 5.56. The molecular weight excluding hydrogens is 328 g/mol. The van der Waals surface area contributed by atoms with E-state index >= 15 is 0 Å². The predicted molar refractivity (Wildman–Crippen MR) is 99.6 cm³/mol. The van der Waals surface area contributed by atoms with Crippen molar-refractivity contribution < 1.29 is 14.3 Å². The highest BCUT2D eigenvalue weighted by atomic mass is 16.5. The molecule has 0 fully saturated rings. The zero-order valence-electron chi connectivity index (χ0n) is 15.3. The maximum Gasteiger partial charge on any atom is 0.242 e. The first-order valence-electron chi connectivity index (χ1n) is 8.80. The number of benzene rings is 2. The van der Waals surface area contributed by atoms with Gasteiger partial charge in [-0.15, -0.1) is 0 Å². The third kappa shape index (κ3) is 4.04. The molecule has 0 bridgehead atoms. The lowest BCUT2D eigenvalue weighted by molar-refractivity contribution is -0.140. The molecule has 2 aromatic carbocycles. The van der Waals surface area contributed by atoms with Gasteiger partial charge < -0.3 is 14.5 Å². The Hall–Kier alpha value is -2.82. The minimum absolute atomic E-state index is 0.0235. The van der Waals surface area contributed by atoms with E-state index in [4.69, 9.17) is 4.74 Å². The van der Waals surface area contributed by atoms with Crippen molar-refractivity contribution in [2.45, 2.75) is 26.4 Å². The number of carbonyl (C=O) groups excluding carboxylic acids is 2. The summed E-state index contributed by atoms with van der Waals surface area (Å²) in [5, 5.41) is 0. The van der Waals surface area contributed by atoms with Crippen LogP contribution in [0.3, 0.4) is 0 Å². The molecule has 0 saturated carbocycles. The minimum atomic E-state index is -0.123. The fourth-order valence-electron chi connectivity index (χ4n) is 3.29. The number of methoxy groups -OCH3 is 1. The molecule has 2 amide bonds. The summed E-state index contributed by atoms with van der Waals surface area (Å²) in [5.74, 6) is 0.573. The first-order chi connectivity index (χ1) is 12.6. The van der Waals surface area contributed by atoms with Crippen LogP contribution in [-0.2, 0) is 29.1 Å². The van der Waals surface area contributed by atoms with Gasteiger partial charge in [0.1, 0.15) is 12.3 Å². The Labute approximate surface area is 154 Å². The Bertz CT molecular complexity index is 803. The Morgan fingerprint density at radius 3 is 2.50 bits per heavy atom. The van der Waals surface area contributed by atoms with Crippen molar-refractivity contribution >= 4 is 11.8 Å². The van der Waals surface area contributed by atoms with Gasteiger partial charge in [-0.1, -0.05) is 42.5 Å². The molecule has 0 N–H and O–H groups in total. The van der Waals surface area contributed by atoms with Crippen molar-refractivity contribution in [2.75, 3.05) is 20.2 Å². The van der Waals surface area contributed by atoms with Gasteiger partial charge in [0, 0.05) is 32.1 Å². The highest BCUT2D eigenvalue weighted by Gasteiger charge is 2.23. The van der Waals surface area contributed by atoms with E-state index in [2.05, 4.69) is 12.1 Å². The molecule has 26 heavy (non-hydrogen) atoms. The predicted octanol–water partition coefficient (Wildman–Crippen LogP) is 2.63. The largest absolute Gasteiger partial charge is 0.496 e. The van der Waals surface area contributed by atoms with Gasteiger partial charge in [-0.05, 0) is 23.6 Å². The van der Waals surface area contributed by atoms with Crippen LogP contribution in [0.2, 0.25) is 0 Å². The van der Waals surface area contributed by atoms with E-state index in [0.717, 1.165) is 17.7 Å². The monoisotopic (exact) mass is 352 g/mol. The van der Waals surface area contributed by atoms with Crippen LogP contribution in [0.4, 0.5) is 0 Å². The molecule has 0 radical (unpaired) electrons. The fourth-order valence-corrected chi connectivity index (χ4v) is 3.29. The summed E-state index contributed by atoms with van der Waals surface area (Å²) in [5.41, 5.74) is 3.38. The van der Waals surface area contributed by atoms with Crippen molar-refractivity contribution in [1.29, 1.82) is 0 Å². The highest BCUT2D eigenvalue weighted by Crippen LogP contribution is 2.21. The number of hydrogen-bond donors (Lipinski definition) is 0. The zero-order chi connectivity index (χ0) is 18.5. The van der Waals surface area contributed by atoms with Crippen LogP contribution in [0.25, 0.3) is 0 Å². The first-order valence-corrected chi connectivity index (χ1v) is 8.80. The normalized spacial score (nSPS) is 13.1. The number of ether oxygens (including phenoxy) is 1. The topological polar surface area (TPSA) is 49.9 Å². The number of amides is 2. The van der Waals surface area contributed by atoms with Crippen LogP contribution in [0, 0.1) is 0 Å². The van der Waals surface area contributed by atoms with Gasteiger partial charge in [-0.3, -0.25) is 9.59 Å². The van der Waals surface area contributed by atoms with Crippen LogP contribution in [0.1, 0.15) is 23.6 Å². The van der Waals surface area contributed by atoms with Crippen molar-refractivity contribution in [1.82, 2.24) is 9.80 Å². The fraction of sp³-hybridized carbons (Fsp3) is 0.333. The number of nitrogens with zero attached hydrogens (tertiary/aromatic N) is 2. The van der Waals surface area contributed by atoms with Crippen LogP contribution in [0.5, 0.6) is 5.75 Å². The number of fused-ring (bicyclic) bond motifs is 1. The summed E-state index contributed by atoms with van der Waals surface area (Å²) in [7, 11) is 1.60. The van der Waals surface area contributed by atoms with Gasteiger partial charge in [0.25, 0.3) is 0 Å². The van der Waals surface area contributed by atoms with Crippen LogP contribution in [-0.4, -0.2) is 41.8 Å². The summed E-state index contributed by atoms with van der Waals surface area (Å²) in [6, 6.07) is 15.8. The smallest absolute Gasteiger partial charge is 0.242 e. The van der Waals surface area contributed by atoms with Crippen molar-refractivity contribution in [2.24, 2.45) is 0 Å². The molecule has 0 spiro atoms. The number of rotatable bonds is 5. The second-order valence-electron chi connectivity index (χ2n) is 6.52. The molecule has 5 nitrogen and oxygen atoms in total. The van der Waals surface area contributed by atoms with Crippen LogP contribution in [0.15, 0.2) is 48.5 Å². The van der Waals surface area contributed by atoms with E-state index in [1.54, 1.807) is 12.0 Å². The molecule has 0 atom stereocenters. The van der Waals surface area contributed by atoms with Gasteiger partial charge in [-0.2, -0.15) is 0 Å². The van der Waals surface area contributed by atoms with Crippen molar-refractivity contribution in [3.05, 3.63) is 65.2 Å². The van der Waals surface area contributed by atoms with Gasteiger partial charge >= 0.3 is 0 Å². The maximum atomic E-state index is 12.8. The second-order valence-corrected chi connectivity index (χ2v) is 6.52. The van der Waals surface area contributed by atoms with E-state index in [1.165, 1.54) is 18.1 Å². The lowest BCUT2D eigenvalue weighted by Crippen LogP contribution is -2.43. The lowest BCUT2D eigenvalue weighted by atomic mass is 10.00. The third-order valence-electron chi connectivity index (χ3n) is 4.81. The van der Waals surface area contributed by atoms with Gasteiger partial charge in [-0.25, -0.2) is 0 Å². The Morgan fingerprint density at radius 2 is 1.77 bits per heavy atom. The molecule has 0 saturated heterocycles. The van der Waals surface area contributed by atoms with E-state index < -0.39 is 0 Å². The van der Waals surface area contributed by atoms with Crippen molar-refractivity contribution in [3.8, 4) is 5.75 Å². The van der Waals surface area contributed by atoms with E-state index in [0.29, 0.717) is 19.6 Å².